The number of ether oxygens (including phenoxy) is 1. The summed E-state index contributed by atoms with van der Waals surface area (Å²) in [5.41, 5.74) is 0.582. The van der Waals surface area contributed by atoms with Crippen molar-refractivity contribution >= 4 is 28.6 Å². The Kier molecular flexibility index (Phi) is 7.66. The summed E-state index contributed by atoms with van der Waals surface area (Å²) in [7, 11) is 0. The van der Waals surface area contributed by atoms with Gasteiger partial charge in [-0.15, -0.1) is 0 Å². The summed E-state index contributed by atoms with van der Waals surface area (Å²) in [6, 6.07) is 7.26. The molecule has 0 fully saturated rings. The zero-order valence-electron chi connectivity index (χ0n) is 15.8. The Morgan fingerprint density at radius 1 is 1.31 bits per heavy atom. The minimum absolute atomic E-state index is 0.0384. The third-order valence-electron chi connectivity index (χ3n) is 3.91. The number of aromatic nitrogens is 2. The van der Waals surface area contributed by atoms with E-state index in [9.17, 15) is 9.59 Å². The molecule has 1 N–H and O–H groups in total. The highest BCUT2D eigenvalue weighted by Crippen LogP contribution is 2.24. The molecule has 0 aliphatic rings. The first kappa shape index (κ1) is 20.5. The molecule has 6 nitrogen and oxygen atoms in total. The summed E-state index contributed by atoms with van der Waals surface area (Å²) in [4.78, 5) is 29.8. The van der Waals surface area contributed by atoms with Crippen molar-refractivity contribution < 1.29 is 9.53 Å². The van der Waals surface area contributed by atoms with Crippen LogP contribution in [-0.4, -0.2) is 40.5 Å². The summed E-state index contributed by atoms with van der Waals surface area (Å²) < 4.78 is 6.92. The van der Waals surface area contributed by atoms with Gasteiger partial charge in [-0.2, -0.15) is 0 Å². The monoisotopic (exact) mass is 377 g/mol. The second-order valence-corrected chi connectivity index (χ2v) is 7.59. The average molecular weight is 378 g/mol. The van der Waals surface area contributed by atoms with Crippen LogP contribution in [0.4, 0.5) is 0 Å². The molecule has 1 aromatic carbocycles. The van der Waals surface area contributed by atoms with Crippen molar-refractivity contribution in [1.29, 1.82) is 0 Å². The van der Waals surface area contributed by atoms with Crippen molar-refractivity contribution in [2.24, 2.45) is 0 Å². The number of para-hydroxylation sites is 1. The van der Waals surface area contributed by atoms with Crippen LogP contribution in [-0.2, 0) is 9.53 Å². The Labute approximate surface area is 158 Å². The topological polar surface area (TPSA) is 73.2 Å². The molecule has 2 rings (SSSR count). The van der Waals surface area contributed by atoms with Crippen molar-refractivity contribution in [2.75, 3.05) is 19.8 Å². The van der Waals surface area contributed by atoms with Gasteiger partial charge in [-0.05, 0) is 46.2 Å². The third-order valence-corrected chi connectivity index (χ3v) is 4.98. The van der Waals surface area contributed by atoms with E-state index in [1.54, 1.807) is 10.6 Å². The molecule has 0 bridgehead atoms. The molecule has 0 radical (unpaired) electrons. The summed E-state index contributed by atoms with van der Waals surface area (Å²) in [6.45, 7) is 9.56. The first-order valence-corrected chi connectivity index (χ1v) is 9.87. The van der Waals surface area contributed by atoms with Crippen molar-refractivity contribution in [2.45, 2.75) is 50.6 Å². The van der Waals surface area contributed by atoms with E-state index in [4.69, 9.17) is 4.74 Å². The maximum atomic E-state index is 12.8. The van der Waals surface area contributed by atoms with Gasteiger partial charge in [0.05, 0.1) is 16.2 Å². The van der Waals surface area contributed by atoms with Gasteiger partial charge in [0.2, 0.25) is 5.91 Å². The molecule has 1 atom stereocenters. The molecule has 1 amide bonds. The predicted octanol–water partition coefficient (Wildman–Crippen LogP) is 3.00. The highest BCUT2D eigenvalue weighted by Gasteiger charge is 2.20. The van der Waals surface area contributed by atoms with Gasteiger partial charge in [0, 0.05) is 25.8 Å². The van der Waals surface area contributed by atoms with Crippen molar-refractivity contribution in [3.8, 4) is 0 Å². The number of benzene rings is 1. The minimum Gasteiger partial charge on any atom is -0.382 e. The summed E-state index contributed by atoms with van der Waals surface area (Å²) in [5.74, 6) is -0.0655. The van der Waals surface area contributed by atoms with Gasteiger partial charge in [0.15, 0.2) is 5.16 Å². The molecular weight excluding hydrogens is 350 g/mol. The molecule has 26 heavy (non-hydrogen) atoms. The molecule has 0 saturated carbocycles. The smallest absolute Gasteiger partial charge is 0.262 e. The van der Waals surface area contributed by atoms with Crippen LogP contribution in [0.3, 0.4) is 0 Å². The fraction of sp³-hybridized carbons (Fsp3) is 0.526. The predicted molar refractivity (Wildman–Crippen MR) is 106 cm³/mol. The highest BCUT2D eigenvalue weighted by molar-refractivity contribution is 8.00. The van der Waals surface area contributed by atoms with Gasteiger partial charge < -0.3 is 10.1 Å². The maximum absolute atomic E-state index is 12.8. The van der Waals surface area contributed by atoms with Crippen molar-refractivity contribution in [3.63, 3.8) is 0 Å². The van der Waals surface area contributed by atoms with Crippen LogP contribution in [0.15, 0.2) is 34.2 Å². The van der Waals surface area contributed by atoms with E-state index in [1.165, 1.54) is 11.8 Å². The zero-order valence-corrected chi connectivity index (χ0v) is 16.6. The molecule has 0 aliphatic carbocycles. The van der Waals surface area contributed by atoms with Gasteiger partial charge in [-0.3, -0.25) is 14.2 Å². The highest BCUT2D eigenvalue weighted by atomic mass is 32.2. The Hall–Kier alpha value is -1.86. The van der Waals surface area contributed by atoms with Crippen molar-refractivity contribution in [1.82, 2.24) is 14.9 Å². The number of carbonyl (C=O) groups is 1. The van der Waals surface area contributed by atoms with Gasteiger partial charge >= 0.3 is 0 Å². The van der Waals surface area contributed by atoms with Gasteiger partial charge in [0.1, 0.15) is 0 Å². The quantitative estimate of drug-likeness (QED) is 0.413. The summed E-state index contributed by atoms with van der Waals surface area (Å²) in [5, 5.41) is 3.73. The molecule has 0 spiro atoms. The number of thioether (sulfide) groups is 1. The molecule has 7 heteroatoms. The van der Waals surface area contributed by atoms with E-state index in [2.05, 4.69) is 10.3 Å². The first-order chi connectivity index (χ1) is 12.5. The van der Waals surface area contributed by atoms with E-state index >= 15 is 0 Å². The number of fused-ring (bicyclic) bond motifs is 1. The lowest BCUT2D eigenvalue weighted by Gasteiger charge is -2.18. The molecule has 142 valence electrons. The Morgan fingerprint density at radius 2 is 2.04 bits per heavy atom. The minimum atomic E-state index is -0.347. The molecular formula is C19H27N3O3S. The molecule has 0 saturated heterocycles. The van der Waals surface area contributed by atoms with Gasteiger partial charge in [-0.1, -0.05) is 23.9 Å². The largest absolute Gasteiger partial charge is 0.382 e. The normalized spacial score (nSPS) is 12.5. The number of nitrogens with one attached hydrogen (secondary N) is 1. The number of hydrogen-bond acceptors (Lipinski definition) is 5. The zero-order chi connectivity index (χ0) is 19.1. The van der Waals surface area contributed by atoms with Crippen molar-refractivity contribution in [3.05, 3.63) is 34.6 Å². The number of hydrogen-bond donors (Lipinski definition) is 1. The molecule has 0 aliphatic heterocycles. The Morgan fingerprint density at radius 3 is 2.73 bits per heavy atom. The fourth-order valence-corrected chi connectivity index (χ4v) is 3.61. The van der Waals surface area contributed by atoms with Crippen LogP contribution in [0.5, 0.6) is 0 Å². The number of nitrogens with zero attached hydrogens (tertiary/aromatic N) is 2. The SMILES string of the molecule is CCOCCCNC(=O)C(C)Sc1nc2ccccc2c(=O)n1C(C)C. The number of amides is 1. The Bertz CT molecular complexity index is 804. The molecule has 1 unspecified atom stereocenters. The lowest BCUT2D eigenvalue weighted by molar-refractivity contribution is -0.120. The summed E-state index contributed by atoms with van der Waals surface area (Å²) in [6.07, 6.45) is 0.780. The van der Waals surface area contributed by atoms with Gasteiger partial charge in [0.25, 0.3) is 5.56 Å². The van der Waals surface area contributed by atoms with Crippen LogP contribution >= 0.6 is 11.8 Å². The standard InChI is InChI=1S/C19H27N3O3S/c1-5-25-12-8-11-20-17(23)14(4)26-19-21-16-10-7-6-9-15(16)18(24)22(19)13(2)3/h6-7,9-10,13-14H,5,8,11-12H2,1-4H3,(H,20,23). The first-order valence-electron chi connectivity index (χ1n) is 8.99. The van der Waals surface area contributed by atoms with E-state index in [-0.39, 0.29) is 22.8 Å². The maximum Gasteiger partial charge on any atom is 0.262 e. The lowest BCUT2D eigenvalue weighted by atomic mass is 10.2. The molecule has 2 aromatic rings. The molecule has 1 aromatic heterocycles. The van der Waals surface area contributed by atoms with Crippen LogP contribution < -0.4 is 10.9 Å². The van der Waals surface area contributed by atoms with Crippen LogP contribution in [0.1, 0.15) is 40.2 Å². The average Bonchev–Trinajstić information content (AvgIpc) is 2.61. The number of carbonyl (C=O) groups excluding carboxylic acids is 1. The second kappa shape index (κ2) is 9.73. The molecule has 1 heterocycles. The van der Waals surface area contributed by atoms with Crippen LogP contribution in [0, 0.1) is 0 Å². The second-order valence-electron chi connectivity index (χ2n) is 6.28. The fourth-order valence-electron chi connectivity index (χ4n) is 2.55. The van der Waals surface area contributed by atoms with E-state index in [0.29, 0.717) is 35.8 Å². The lowest BCUT2D eigenvalue weighted by Crippen LogP contribution is -2.33. The van der Waals surface area contributed by atoms with Crippen LogP contribution in [0.25, 0.3) is 10.9 Å². The Balaban J connectivity index is 2.15. The van der Waals surface area contributed by atoms with E-state index in [1.807, 2.05) is 45.9 Å². The number of rotatable bonds is 9. The van der Waals surface area contributed by atoms with E-state index < -0.39 is 0 Å². The third kappa shape index (κ3) is 5.08. The summed E-state index contributed by atoms with van der Waals surface area (Å²) >= 11 is 1.31. The van der Waals surface area contributed by atoms with Crippen LogP contribution in [0.2, 0.25) is 0 Å². The van der Waals surface area contributed by atoms with Gasteiger partial charge in [-0.25, -0.2) is 4.98 Å². The van der Waals surface area contributed by atoms with E-state index in [0.717, 1.165) is 6.42 Å².